The molecule has 3 unspecified atom stereocenters. The van der Waals surface area contributed by atoms with Crippen LogP contribution in [0.4, 0.5) is 0 Å². The predicted octanol–water partition coefficient (Wildman–Crippen LogP) is 9.63. The summed E-state index contributed by atoms with van der Waals surface area (Å²) in [6, 6.07) is 8.95. The van der Waals surface area contributed by atoms with E-state index in [-0.39, 0.29) is 10.8 Å². The topological polar surface area (TPSA) is 12.0 Å². The van der Waals surface area contributed by atoms with Crippen molar-refractivity contribution in [2.45, 2.75) is 73.1 Å². The fourth-order valence-electron chi connectivity index (χ4n) is 6.26. The first-order valence-corrected chi connectivity index (χ1v) is 13.2. The van der Waals surface area contributed by atoms with Crippen LogP contribution < -0.4 is 5.32 Å². The minimum Gasteiger partial charge on any atom is -0.360 e. The second-order valence-corrected chi connectivity index (χ2v) is 11.1. The highest BCUT2D eigenvalue weighted by Gasteiger charge is 2.62. The Morgan fingerprint density at radius 1 is 1.09 bits per heavy atom. The van der Waals surface area contributed by atoms with Gasteiger partial charge in [0.25, 0.3) is 0 Å². The minimum absolute atomic E-state index is 0.0270. The van der Waals surface area contributed by atoms with E-state index in [0.717, 1.165) is 36.2 Å². The summed E-state index contributed by atoms with van der Waals surface area (Å²) < 4.78 is 0. The number of hydrogen-bond acceptors (Lipinski definition) is 1. The Bertz CT molecular complexity index is 1090. The largest absolute Gasteiger partial charge is 0.360 e. The van der Waals surface area contributed by atoms with Crippen molar-refractivity contribution in [2.75, 3.05) is 0 Å². The smallest absolute Gasteiger partial charge is 0.0407 e. The first-order valence-electron chi connectivity index (χ1n) is 13.2. The van der Waals surface area contributed by atoms with Crippen molar-refractivity contribution < 1.29 is 0 Å². The second kappa shape index (κ2) is 10.9. The first kappa shape index (κ1) is 26.8. The van der Waals surface area contributed by atoms with E-state index in [4.69, 9.17) is 0 Å². The molecule has 186 valence electrons. The molecule has 35 heavy (non-hydrogen) atoms. The average molecular weight is 468 g/mol. The Kier molecular flexibility index (Phi) is 8.31. The SMILES string of the molecule is C=C(CC1(CC(C)CCCC)C/C(=C(/C)c2ccc(C)cc2)C12C=CC=CC2=C)NC(=C)C(=C)C. The lowest BCUT2D eigenvalue weighted by molar-refractivity contribution is 0.0350. The van der Waals surface area contributed by atoms with Crippen molar-refractivity contribution in [3.63, 3.8) is 0 Å². The quantitative estimate of drug-likeness (QED) is 0.319. The third kappa shape index (κ3) is 5.25. The van der Waals surface area contributed by atoms with Crippen molar-refractivity contribution in [1.29, 1.82) is 0 Å². The molecule has 1 fully saturated rings. The van der Waals surface area contributed by atoms with Gasteiger partial charge in [-0.25, -0.2) is 0 Å². The highest BCUT2D eigenvalue weighted by molar-refractivity contribution is 5.74. The molecule has 1 aromatic rings. The van der Waals surface area contributed by atoms with Gasteiger partial charge in [-0.05, 0) is 73.6 Å². The lowest BCUT2D eigenvalue weighted by atomic mass is 9.39. The van der Waals surface area contributed by atoms with Gasteiger partial charge in [0.1, 0.15) is 0 Å². The lowest BCUT2D eigenvalue weighted by Gasteiger charge is -2.63. The van der Waals surface area contributed by atoms with E-state index in [1.165, 1.54) is 47.1 Å². The Balaban J connectivity index is 2.09. The summed E-state index contributed by atoms with van der Waals surface area (Å²) in [5, 5.41) is 3.46. The van der Waals surface area contributed by atoms with Gasteiger partial charge in [0.15, 0.2) is 0 Å². The molecule has 3 atom stereocenters. The number of unbranched alkanes of at least 4 members (excludes halogenated alkanes) is 1. The van der Waals surface area contributed by atoms with Crippen LogP contribution in [0.1, 0.15) is 77.3 Å². The average Bonchev–Trinajstić information content (AvgIpc) is 2.81. The molecule has 0 bridgehead atoms. The van der Waals surface area contributed by atoms with Crippen molar-refractivity contribution in [3.05, 3.63) is 114 Å². The van der Waals surface area contributed by atoms with E-state index in [2.05, 4.69) is 108 Å². The van der Waals surface area contributed by atoms with E-state index in [1.54, 1.807) is 0 Å². The fraction of sp³-hybridized carbons (Fsp3) is 0.412. The molecule has 2 aliphatic carbocycles. The van der Waals surface area contributed by atoms with Gasteiger partial charge in [-0.2, -0.15) is 0 Å². The van der Waals surface area contributed by atoms with E-state index >= 15 is 0 Å². The fourth-order valence-corrected chi connectivity index (χ4v) is 6.26. The van der Waals surface area contributed by atoms with Crippen LogP contribution in [0.5, 0.6) is 0 Å². The Morgan fingerprint density at radius 2 is 1.77 bits per heavy atom. The van der Waals surface area contributed by atoms with E-state index in [0.29, 0.717) is 5.92 Å². The van der Waals surface area contributed by atoms with Gasteiger partial charge in [0, 0.05) is 16.8 Å². The van der Waals surface area contributed by atoms with Gasteiger partial charge >= 0.3 is 0 Å². The summed E-state index contributed by atoms with van der Waals surface area (Å²) in [5.74, 6) is 0.636. The van der Waals surface area contributed by atoms with Gasteiger partial charge in [-0.3, -0.25) is 0 Å². The van der Waals surface area contributed by atoms with E-state index in [9.17, 15) is 0 Å². The maximum absolute atomic E-state index is 4.64. The summed E-state index contributed by atoms with van der Waals surface area (Å²) in [7, 11) is 0. The van der Waals surface area contributed by atoms with Gasteiger partial charge in [-0.1, -0.05) is 119 Å². The summed E-state index contributed by atoms with van der Waals surface area (Å²) >= 11 is 0. The number of hydrogen-bond donors (Lipinski definition) is 1. The summed E-state index contributed by atoms with van der Waals surface area (Å²) in [5.41, 5.74) is 9.33. The van der Waals surface area contributed by atoms with Gasteiger partial charge in [0.2, 0.25) is 0 Å². The maximum atomic E-state index is 4.64. The van der Waals surface area contributed by atoms with Crippen LogP contribution in [0.15, 0.2) is 103 Å². The standard InChI is InChI=1S/C34H45N/c1-10-11-14-26(5)21-33(22-28(7)35-30(9)24(2)3)23-32(34(33)20-13-12-15-27(34)6)29(8)31-18-16-25(4)17-19-31/h12-13,15-20,26,35H,2,6-7,9-11,14,21-23H2,1,3-5,8H3/b32-29+. The Morgan fingerprint density at radius 3 is 2.37 bits per heavy atom. The summed E-state index contributed by atoms with van der Waals surface area (Å²) in [6.45, 7) is 28.4. The molecular weight excluding hydrogens is 422 g/mol. The van der Waals surface area contributed by atoms with Crippen LogP contribution in [0.3, 0.4) is 0 Å². The molecule has 2 aliphatic rings. The number of aryl methyl sites for hydroxylation is 1. The molecule has 0 radical (unpaired) electrons. The number of rotatable bonds is 11. The molecule has 0 aliphatic heterocycles. The molecule has 1 spiro atoms. The molecule has 0 saturated heterocycles. The van der Waals surface area contributed by atoms with Crippen LogP contribution in [-0.2, 0) is 0 Å². The Hall–Kier alpha value is -2.80. The molecule has 1 heteroatoms. The molecule has 1 N–H and O–H groups in total. The molecule has 1 nitrogen and oxygen atoms in total. The summed E-state index contributed by atoms with van der Waals surface area (Å²) in [4.78, 5) is 0. The lowest BCUT2D eigenvalue weighted by Crippen LogP contribution is -2.55. The molecule has 1 saturated carbocycles. The van der Waals surface area contributed by atoms with Crippen LogP contribution in [0, 0.1) is 23.7 Å². The third-order valence-corrected chi connectivity index (χ3v) is 8.21. The van der Waals surface area contributed by atoms with Gasteiger partial charge in [-0.15, -0.1) is 0 Å². The summed E-state index contributed by atoms with van der Waals surface area (Å²) in [6.07, 6.45) is 15.9. The van der Waals surface area contributed by atoms with Crippen LogP contribution in [-0.4, -0.2) is 0 Å². The van der Waals surface area contributed by atoms with Crippen LogP contribution >= 0.6 is 0 Å². The second-order valence-electron chi connectivity index (χ2n) is 11.1. The molecule has 0 aromatic heterocycles. The molecular formula is C34H45N. The molecule has 0 amide bonds. The number of allylic oxidation sites excluding steroid dienone is 9. The van der Waals surface area contributed by atoms with E-state index < -0.39 is 0 Å². The van der Waals surface area contributed by atoms with Gasteiger partial charge in [0.05, 0.1) is 0 Å². The van der Waals surface area contributed by atoms with Crippen molar-refractivity contribution >= 4 is 5.57 Å². The minimum atomic E-state index is -0.188. The monoisotopic (exact) mass is 467 g/mol. The Labute approximate surface area is 214 Å². The zero-order valence-electron chi connectivity index (χ0n) is 22.8. The number of benzene rings is 1. The third-order valence-electron chi connectivity index (χ3n) is 8.21. The molecule has 0 heterocycles. The molecule has 1 aromatic carbocycles. The zero-order valence-corrected chi connectivity index (χ0v) is 22.8. The number of nitrogens with one attached hydrogen (secondary N) is 1. The van der Waals surface area contributed by atoms with Crippen LogP contribution in [0.2, 0.25) is 0 Å². The highest BCUT2D eigenvalue weighted by atomic mass is 14.9. The van der Waals surface area contributed by atoms with Crippen molar-refractivity contribution in [3.8, 4) is 0 Å². The highest BCUT2D eigenvalue weighted by Crippen LogP contribution is 2.71. The van der Waals surface area contributed by atoms with Crippen LogP contribution in [0.25, 0.3) is 5.57 Å². The van der Waals surface area contributed by atoms with Crippen molar-refractivity contribution in [1.82, 2.24) is 5.32 Å². The van der Waals surface area contributed by atoms with E-state index in [1.807, 2.05) is 6.92 Å². The maximum Gasteiger partial charge on any atom is 0.0407 e. The zero-order chi connectivity index (χ0) is 25.8. The normalized spacial score (nSPS) is 25.2. The predicted molar refractivity (Wildman–Crippen MR) is 155 cm³/mol. The van der Waals surface area contributed by atoms with Gasteiger partial charge < -0.3 is 5.32 Å². The first-order chi connectivity index (χ1) is 16.6. The molecule has 3 rings (SSSR count). The van der Waals surface area contributed by atoms with Crippen molar-refractivity contribution in [2.24, 2.45) is 16.7 Å².